The second kappa shape index (κ2) is 15.0. The number of hydrogen-bond acceptors (Lipinski definition) is 7. The van der Waals surface area contributed by atoms with Crippen LogP contribution in [0.3, 0.4) is 0 Å². The first-order valence-corrected chi connectivity index (χ1v) is 21.8. The van der Waals surface area contributed by atoms with E-state index in [2.05, 4.69) is 21.3 Å². The van der Waals surface area contributed by atoms with Crippen molar-refractivity contribution in [1.29, 1.82) is 0 Å². The van der Waals surface area contributed by atoms with Gasteiger partial charge >= 0.3 is 12.1 Å². The Hall–Kier alpha value is -4.41. The van der Waals surface area contributed by atoms with Crippen LogP contribution in [0.1, 0.15) is 122 Å². The number of fused-ring (bicyclic) bond motifs is 3. The molecular formula is C47H62N4O7. The van der Waals surface area contributed by atoms with Crippen molar-refractivity contribution in [3.63, 3.8) is 0 Å². The van der Waals surface area contributed by atoms with E-state index >= 15 is 4.79 Å². The van der Waals surface area contributed by atoms with E-state index < -0.39 is 46.1 Å². The minimum Gasteiger partial charge on any atom is -0.467 e. The summed E-state index contributed by atoms with van der Waals surface area (Å²) in [5, 5.41) is 13.2. The summed E-state index contributed by atoms with van der Waals surface area (Å²) in [7, 11) is 1.33. The van der Waals surface area contributed by atoms with Crippen LogP contribution in [0.15, 0.2) is 60.7 Å². The van der Waals surface area contributed by atoms with Crippen LogP contribution in [0.4, 0.5) is 4.79 Å². The molecule has 4 N–H and O–H groups in total. The Labute approximate surface area is 342 Å². The molecule has 0 radical (unpaired) electrons. The van der Waals surface area contributed by atoms with Crippen molar-refractivity contribution in [1.82, 2.24) is 21.3 Å². The Morgan fingerprint density at radius 1 is 0.810 bits per heavy atom. The SMILES string of the molecule is CC[C@@H](C(=O)N[C@H](Cc1ccccc1)C(=O)OC)[C@H]1CCCC[C@H]1NC(=O)C1(NC(=O)C2(C34C[C@H]3CCC3CC34NC(=O)OC(C)(C)C)CC2)C[C@@H]1c1ccccc1. The second-order valence-corrected chi connectivity index (χ2v) is 19.4. The summed E-state index contributed by atoms with van der Waals surface area (Å²) in [6, 6.07) is 18.4. The summed E-state index contributed by atoms with van der Waals surface area (Å²) in [5.41, 5.74) is -1.27. The average molecular weight is 795 g/mol. The lowest BCUT2D eigenvalue weighted by Crippen LogP contribution is -2.60. The first-order valence-electron chi connectivity index (χ1n) is 21.8. The van der Waals surface area contributed by atoms with Crippen molar-refractivity contribution in [2.24, 2.45) is 34.5 Å². The van der Waals surface area contributed by atoms with E-state index in [1.807, 2.05) is 88.4 Å². The largest absolute Gasteiger partial charge is 0.467 e. The zero-order valence-corrected chi connectivity index (χ0v) is 34.9. The first kappa shape index (κ1) is 40.4. The van der Waals surface area contributed by atoms with Gasteiger partial charge in [0.05, 0.1) is 18.1 Å². The number of hydrogen-bond donors (Lipinski definition) is 4. The summed E-state index contributed by atoms with van der Waals surface area (Å²) in [5.74, 6) is -1.08. The molecule has 4 unspecified atom stereocenters. The van der Waals surface area contributed by atoms with Crippen LogP contribution in [0.25, 0.3) is 0 Å². The molecule has 58 heavy (non-hydrogen) atoms. The van der Waals surface area contributed by atoms with Gasteiger partial charge in [0.25, 0.3) is 0 Å². The van der Waals surface area contributed by atoms with Crippen molar-refractivity contribution in [3.8, 4) is 0 Å². The highest BCUT2D eigenvalue weighted by molar-refractivity contribution is 5.99. The summed E-state index contributed by atoms with van der Waals surface area (Å²) in [4.78, 5) is 70.2. The van der Waals surface area contributed by atoms with Gasteiger partial charge in [0.15, 0.2) is 0 Å². The highest BCUT2D eigenvalue weighted by Gasteiger charge is 2.88. The zero-order valence-electron chi connectivity index (χ0n) is 34.9. The standard InChI is InChI=1S/C47H62N4O7/c1-6-33(38(52)48-37(39(53)57-5)25-29-15-9-7-10-16-29)34-19-13-14-20-36(34)49-41(55)45(28-35(45)30-17-11-8-12-18-30)50-40(54)44(23-24-44)46-26-31(46)21-22-32-27-47(32,46)51-42(56)58-43(2,3)4/h7-12,15-18,31-37H,6,13-14,19-28H2,1-5H3,(H,48,52)(H,49,55)(H,50,54)(H,51,56)/t31-,32?,33-,34-,35-,36-,37-,45?,46?,47?/m1/s1. The molecule has 2 aromatic carbocycles. The fourth-order valence-electron chi connectivity index (χ4n) is 12.0. The van der Waals surface area contributed by atoms with E-state index in [0.717, 1.165) is 75.3 Å². The molecule has 0 spiro atoms. The van der Waals surface area contributed by atoms with Gasteiger partial charge in [0.2, 0.25) is 17.7 Å². The Bertz CT molecular complexity index is 1910. The van der Waals surface area contributed by atoms with E-state index in [0.29, 0.717) is 31.1 Å². The molecule has 6 aliphatic carbocycles. The molecule has 6 saturated carbocycles. The van der Waals surface area contributed by atoms with E-state index in [1.165, 1.54) is 7.11 Å². The third-order valence-electron chi connectivity index (χ3n) is 15.1. The van der Waals surface area contributed by atoms with Crippen molar-refractivity contribution in [3.05, 3.63) is 71.8 Å². The van der Waals surface area contributed by atoms with Gasteiger partial charge in [-0.3, -0.25) is 14.4 Å². The minimum atomic E-state index is -1.13. The summed E-state index contributed by atoms with van der Waals surface area (Å²) >= 11 is 0. The van der Waals surface area contributed by atoms with Crippen molar-refractivity contribution in [2.75, 3.05) is 7.11 Å². The first-order chi connectivity index (χ1) is 27.7. The Kier molecular flexibility index (Phi) is 10.4. The monoisotopic (exact) mass is 794 g/mol. The average Bonchev–Trinajstić information content (AvgIpc) is 4.02. The minimum absolute atomic E-state index is 0.0697. The normalized spacial score (nSPS) is 33.4. The molecule has 0 saturated heterocycles. The summed E-state index contributed by atoms with van der Waals surface area (Å²) < 4.78 is 10.8. The van der Waals surface area contributed by atoms with Crippen LogP contribution >= 0.6 is 0 Å². The number of carbonyl (C=O) groups excluding carboxylic acids is 5. The van der Waals surface area contributed by atoms with Gasteiger partial charge in [-0.2, -0.15) is 0 Å². The molecule has 6 fully saturated rings. The van der Waals surface area contributed by atoms with Crippen LogP contribution in [-0.4, -0.2) is 65.7 Å². The van der Waals surface area contributed by atoms with E-state index in [4.69, 9.17) is 9.47 Å². The maximum absolute atomic E-state index is 15.0. The molecule has 8 rings (SSSR count). The number of amides is 4. The molecule has 10 atom stereocenters. The molecule has 2 aromatic rings. The zero-order chi connectivity index (χ0) is 41.1. The van der Waals surface area contributed by atoms with Crippen LogP contribution in [0.2, 0.25) is 0 Å². The van der Waals surface area contributed by atoms with Crippen molar-refractivity contribution in [2.45, 2.75) is 146 Å². The second-order valence-electron chi connectivity index (χ2n) is 19.4. The van der Waals surface area contributed by atoms with Crippen LogP contribution < -0.4 is 21.3 Å². The van der Waals surface area contributed by atoms with Gasteiger partial charge in [-0.15, -0.1) is 0 Å². The molecule has 0 aliphatic heterocycles. The van der Waals surface area contributed by atoms with Crippen molar-refractivity contribution >= 4 is 29.8 Å². The number of esters is 1. The molecular weight excluding hydrogens is 733 g/mol. The fraction of sp³-hybridized carbons (Fsp3) is 0.638. The molecule has 0 bridgehead atoms. The van der Waals surface area contributed by atoms with Gasteiger partial charge in [-0.05, 0) is 114 Å². The fourth-order valence-corrected chi connectivity index (χ4v) is 12.0. The van der Waals surface area contributed by atoms with Gasteiger partial charge in [0, 0.05) is 29.7 Å². The van der Waals surface area contributed by atoms with Gasteiger partial charge in [-0.25, -0.2) is 9.59 Å². The summed E-state index contributed by atoms with van der Waals surface area (Å²) in [6.45, 7) is 7.58. The highest BCUT2D eigenvalue weighted by Crippen LogP contribution is 2.86. The Morgan fingerprint density at radius 2 is 1.48 bits per heavy atom. The van der Waals surface area contributed by atoms with Gasteiger partial charge in [0.1, 0.15) is 17.2 Å². The van der Waals surface area contributed by atoms with E-state index in [1.54, 1.807) is 0 Å². The lowest BCUT2D eigenvalue weighted by molar-refractivity contribution is -0.146. The molecule has 312 valence electrons. The quantitative estimate of drug-likeness (QED) is 0.160. The molecule has 0 heterocycles. The highest BCUT2D eigenvalue weighted by atomic mass is 16.6. The number of carbonyl (C=O) groups is 5. The number of ether oxygens (including phenoxy) is 2. The number of alkyl carbamates (subject to hydrolysis) is 1. The predicted molar refractivity (Wildman–Crippen MR) is 218 cm³/mol. The van der Waals surface area contributed by atoms with Gasteiger partial charge in [-0.1, -0.05) is 80.4 Å². The summed E-state index contributed by atoms with van der Waals surface area (Å²) in [6.07, 6.45) is 9.60. The smallest absolute Gasteiger partial charge is 0.408 e. The van der Waals surface area contributed by atoms with Crippen LogP contribution in [0.5, 0.6) is 0 Å². The third kappa shape index (κ3) is 7.08. The maximum atomic E-state index is 15.0. The topological polar surface area (TPSA) is 152 Å². The van der Waals surface area contributed by atoms with Crippen LogP contribution in [0, 0.1) is 34.5 Å². The lowest BCUT2D eigenvalue weighted by Gasteiger charge is -2.41. The maximum Gasteiger partial charge on any atom is 0.408 e. The molecule has 6 aliphatic rings. The molecule has 4 amide bonds. The van der Waals surface area contributed by atoms with E-state index in [9.17, 15) is 19.2 Å². The van der Waals surface area contributed by atoms with Crippen LogP contribution in [-0.2, 0) is 35.1 Å². The molecule has 11 nitrogen and oxygen atoms in total. The van der Waals surface area contributed by atoms with Crippen molar-refractivity contribution < 1.29 is 33.4 Å². The third-order valence-corrected chi connectivity index (χ3v) is 15.1. The number of nitrogens with one attached hydrogen (secondary N) is 4. The number of benzene rings is 2. The lowest BCUT2D eigenvalue weighted by atomic mass is 9.70. The predicted octanol–water partition coefficient (Wildman–Crippen LogP) is 6.49. The Morgan fingerprint density at radius 3 is 2.14 bits per heavy atom. The molecule has 0 aromatic heterocycles. The number of methoxy groups -OCH3 is 1. The molecule has 11 heteroatoms. The van der Waals surface area contributed by atoms with Gasteiger partial charge < -0.3 is 30.7 Å². The Balaban J connectivity index is 1.02. The number of rotatable bonds is 14. The van der Waals surface area contributed by atoms with E-state index in [-0.39, 0.29) is 41.0 Å².